The summed E-state index contributed by atoms with van der Waals surface area (Å²) < 4.78 is 0. The molecule has 0 saturated carbocycles. The third kappa shape index (κ3) is 2.48. The lowest BCUT2D eigenvalue weighted by molar-refractivity contribution is -0.166. The van der Waals surface area contributed by atoms with Gasteiger partial charge in [-0.25, -0.2) is 0 Å². The average molecular weight is 697 g/mol. The van der Waals surface area contributed by atoms with Gasteiger partial charge in [0.1, 0.15) is 12.3 Å². The molecule has 8 fully saturated rings. The smallest absolute Gasteiger partial charge is 0.265 e. The number of carbonyl (C=O) groups is 4. The van der Waals surface area contributed by atoms with Crippen LogP contribution in [0.3, 0.4) is 0 Å². The second kappa shape index (κ2) is 8.26. The molecule has 2 aromatic carbocycles. The fourth-order valence-electron chi connectivity index (χ4n) is 9.92. The number of anilines is 2. The summed E-state index contributed by atoms with van der Waals surface area (Å²) >= 11 is 0. The Kier molecular flexibility index (Phi) is 5.08. The van der Waals surface area contributed by atoms with E-state index in [9.17, 15) is 29.4 Å². The van der Waals surface area contributed by atoms with Gasteiger partial charge in [-0.2, -0.15) is 0 Å². The highest BCUT2D eigenvalue weighted by Crippen LogP contribution is 2.78. The van der Waals surface area contributed by atoms with Crippen molar-refractivity contribution in [3.63, 3.8) is 0 Å². The molecule has 2 unspecified atom stereocenters. The second-order valence-corrected chi connectivity index (χ2v) is 18.7. The van der Waals surface area contributed by atoms with Crippen LogP contribution in [0.25, 0.3) is 0 Å². The Bertz CT molecular complexity index is 1740. The lowest BCUT2D eigenvalue weighted by Gasteiger charge is -2.57. The molecule has 0 aromatic heterocycles. The van der Waals surface area contributed by atoms with Crippen molar-refractivity contribution in [3.05, 3.63) is 59.7 Å². The van der Waals surface area contributed by atoms with Crippen LogP contribution < -0.4 is 10.6 Å². The molecule has 10 heterocycles. The van der Waals surface area contributed by atoms with Gasteiger partial charge in [-0.05, 0) is 44.8 Å². The lowest BCUT2D eigenvalue weighted by atomic mass is 9.54. The largest absolute Gasteiger partial charge is 0.392 e. The van der Waals surface area contributed by atoms with Crippen LogP contribution in [-0.2, 0) is 30.0 Å². The van der Waals surface area contributed by atoms with E-state index >= 15 is 0 Å². The number of amides is 4. The predicted molar refractivity (Wildman–Crippen MR) is 175 cm³/mol. The number of nitrogens with zero attached hydrogens (tertiary/aromatic N) is 4. The Morgan fingerprint density at radius 1 is 0.652 bits per heavy atom. The van der Waals surface area contributed by atoms with Gasteiger partial charge in [-0.3, -0.25) is 29.0 Å². The maximum absolute atomic E-state index is 14.7. The van der Waals surface area contributed by atoms with E-state index in [-0.39, 0.29) is 36.5 Å². The Morgan fingerprint density at radius 2 is 1.04 bits per heavy atom. The fourth-order valence-corrected chi connectivity index (χ4v) is 17.2. The number of hydrogen-bond donors (Lipinski definition) is 4. The van der Waals surface area contributed by atoms with Gasteiger partial charge in [0.25, 0.3) is 23.6 Å². The number of likely N-dealkylation sites (N-methyl/N-ethyl adjacent to an activating group) is 2. The summed E-state index contributed by atoms with van der Waals surface area (Å²) in [5, 5.41) is 28.6. The molecule has 4 N–H and O–H groups in total. The number of carbonyl (C=O) groups excluding carboxylic acids is 4. The minimum Gasteiger partial charge on any atom is -0.392 e. The van der Waals surface area contributed by atoms with Crippen molar-refractivity contribution in [1.29, 1.82) is 0 Å². The molecule has 10 aliphatic rings. The number of rotatable bonds is 3. The van der Waals surface area contributed by atoms with Gasteiger partial charge in [-0.1, -0.05) is 58.0 Å². The van der Waals surface area contributed by atoms with Crippen molar-refractivity contribution in [1.82, 2.24) is 19.6 Å². The third-order valence-corrected chi connectivity index (χ3v) is 19.3. The molecule has 4 bridgehead atoms. The highest BCUT2D eigenvalue weighted by Gasteiger charge is 2.87. The van der Waals surface area contributed by atoms with Crippen LogP contribution in [-0.4, -0.2) is 113 Å². The van der Waals surface area contributed by atoms with Crippen molar-refractivity contribution in [2.75, 3.05) is 37.9 Å². The maximum atomic E-state index is 14.7. The topological polar surface area (TPSA) is 146 Å². The molecular weight excluding hydrogens is 669 g/mol. The van der Waals surface area contributed by atoms with E-state index < -0.39 is 55.9 Å². The van der Waals surface area contributed by atoms with Crippen molar-refractivity contribution in [2.24, 2.45) is 0 Å². The van der Waals surface area contributed by atoms with E-state index in [1.165, 1.54) is 53.0 Å². The molecule has 2 aromatic rings. The minimum absolute atomic E-state index is 0.223. The third-order valence-electron chi connectivity index (χ3n) is 12.0. The van der Waals surface area contributed by atoms with Gasteiger partial charge in [0.2, 0.25) is 9.74 Å². The van der Waals surface area contributed by atoms with E-state index in [0.29, 0.717) is 0 Å². The molecule has 16 heteroatoms. The molecular formula is C30H28N6O6S4. The molecule has 10 aliphatic heterocycles. The Hall–Kier alpha value is -2.76. The van der Waals surface area contributed by atoms with Crippen molar-refractivity contribution < 1.29 is 29.4 Å². The highest BCUT2D eigenvalue weighted by atomic mass is 33.1. The Labute approximate surface area is 279 Å². The highest BCUT2D eigenvalue weighted by molar-refractivity contribution is 8.78. The van der Waals surface area contributed by atoms with E-state index in [1.807, 2.05) is 48.5 Å². The van der Waals surface area contributed by atoms with Gasteiger partial charge in [0, 0.05) is 38.3 Å². The molecule has 0 aliphatic carbocycles. The number of para-hydroxylation sites is 2. The Balaban J connectivity index is 1.29. The van der Waals surface area contributed by atoms with Crippen LogP contribution in [0.4, 0.5) is 11.4 Å². The average Bonchev–Trinajstić information content (AvgIpc) is 3.75. The number of aliphatic hydroxyl groups excluding tert-OH is 2. The molecule has 46 heavy (non-hydrogen) atoms. The normalized spacial score (nSPS) is 43.7. The van der Waals surface area contributed by atoms with Crippen molar-refractivity contribution in [2.45, 2.75) is 55.5 Å². The maximum Gasteiger partial charge on any atom is 0.265 e. The van der Waals surface area contributed by atoms with E-state index in [0.717, 1.165) is 22.5 Å². The number of aliphatic hydroxyl groups is 2. The zero-order valence-electron chi connectivity index (χ0n) is 24.6. The van der Waals surface area contributed by atoms with Gasteiger partial charge in [-0.15, -0.1) is 0 Å². The summed E-state index contributed by atoms with van der Waals surface area (Å²) in [5.41, 5.74) is 1.45. The first-order valence-electron chi connectivity index (χ1n) is 15.0. The summed E-state index contributed by atoms with van der Waals surface area (Å²) in [6.45, 7) is -1.07. The number of nitrogens with one attached hydrogen (secondary N) is 2. The lowest BCUT2D eigenvalue weighted by Crippen LogP contribution is -2.77. The van der Waals surface area contributed by atoms with E-state index in [2.05, 4.69) is 10.6 Å². The van der Waals surface area contributed by atoms with Crippen LogP contribution in [0, 0.1) is 0 Å². The number of fused-ring (bicyclic) bond motifs is 11. The fraction of sp³-hybridized carbons (Fsp3) is 0.467. The standard InChI is InChI=1S/C30H28N6O6S4/c1-33-21(39)27-11-25(15-7-3-5-9-17(15)31-19(25)35(27)23(41)29(33,13-37)45-43-27)26-12-28-22(40)34(2)30(14-38,46-44-28)24(42)36(28)20(26)32-18-10-6-4-8-16(18)26/h3-10,19-20,31-32,37-38H,11-14H2,1-2H3/t19?,20?,25-,26-,27-,28-,29-,30-/m0/s1. The van der Waals surface area contributed by atoms with E-state index in [1.54, 1.807) is 23.9 Å². The Morgan fingerprint density at radius 3 is 1.43 bits per heavy atom. The van der Waals surface area contributed by atoms with Crippen LogP contribution >= 0.6 is 43.2 Å². The molecule has 0 radical (unpaired) electrons. The monoisotopic (exact) mass is 696 g/mol. The summed E-state index contributed by atoms with van der Waals surface area (Å²) in [5.74, 6) is -1.19. The zero-order chi connectivity index (χ0) is 31.8. The summed E-state index contributed by atoms with van der Waals surface area (Å²) in [6, 6.07) is 15.8. The SMILES string of the molecule is CN1C(=O)[C@@]23C[C@]4([C@]56C[C@@]78SS[C@@](CO)(C(=O)N7C5Nc5ccccc56)N(C)C8=O)c5ccccc5NC4N2C(=O)[C@]1(CO)SS3. The summed E-state index contributed by atoms with van der Waals surface area (Å²) in [6.07, 6.45) is -1.01. The van der Waals surface area contributed by atoms with Gasteiger partial charge in [0.15, 0.2) is 9.74 Å². The molecule has 8 atom stereocenters. The first-order chi connectivity index (χ1) is 22.1. The van der Waals surface area contributed by atoms with Crippen LogP contribution in [0.5, 0.6) is 0 Å². The van der Waals surface area contributed by atoms with E-state index in [4.69, 9.17) is 0 Å². The van der Waals surface area contributed by atoms with Gasteiger partial charge >= 0.3 is 0 Å². The predicted octanol–water partition coefficient (Wildman–Crippen LogP) is 1.33. The van der Waals surface area contributed by atoms with Gasteiger partial charge in [0.05, 0.1) is 24.0 Å². The van der Waals surface area contributed by atoms with Crippen LogP contribution in [0.2, 0.25) is 0 Å². The molecule has 8 saturated heterocycles. The number of piperazine rings is 2. The van der Waals surface area contributed by atoms with Crippen LogP contribution in [0.15, 0.2) is 48.5 Å². The quantitative estimate of drug-likeness (QED) is 0.344. The molecule has 4 amide bonds. The molecule has 2 spiro atoms. The molecule has 12 rings (SSSR count). The van der Waals surface area contributed by atoms with Gasteiger partial charge < -0.3 is 30.6 Å². The van der Waals surface area contributed by atoms with Crippen LogP contribution in [0.1, 0.15) is 24.0 Å². The number of benzene rings is 2. The molecule has 12 nitrogen and oxygen atoms in total. The number of hydrogen-bond acceptors (Lipinski definition) is 12. The zero-order valence-corrected chi connectivity index (χ0v) is 27.8. The van der Waals surface area contributed by atoms with Crippen molar-refractivity contribution in [3.8, 4) is 0 Å². The molecule has 238 valence electrons. The summed E-state index contributed by atoms with van der Waals surface area (Å²) in [4.78, 5) is 59.0. The first-order valence-corrected chi connectivity index (χ1v) is 19.3. The summed E-state index contributed by atoms with van der Waals surface area (Å²) in [7, 11) is 8.28. The first kappa shape index (κ1) is 28.3. The van der Waals surface area contributed by atoms with Crippen molar-refractivity contribution >= 4 is 78.2 Å². The second-order valence-electron chi connectivity index (χ2n) is 13.3. The minimum atomic E-state index is -1.47.